The molecule has 134 valence electrons. The lowest BCUT2D eigenvalue weighted by Gasteiger charge is -2.08. The molecular weight excluding hydrogens is 382 g/mol. The van der Waals surface area contributed by atoms with Crippen LogP contribution in [0.2, 0.25) is 5.02 Å². The summed E-state index contributed by atoms with van der Waals surface area (Å²) in [5, 5.41) is 10.8. The van der Waals surface area contributed by atoms with Gasteiger partial charge in [0.05, 0.1) is 35.4 Å². The summed E-state index contributed by atoms with van der Waals surface area (Å²) < 4.78 is 15.2. The highest BCUT2D eigenvalue weighted by Crippen LogP contribution is 2.25. The smallest absolute Gasteiger partial charge is 0.337 e. The van der Waals surface area contributed by atoms with Crippen LogP contribution in [0.15, 0.2) is 50.7 Å². The van der Waals surface area contributed by atoms with E-state index in [0.29, 0.717) is 16.5 Å². The maximum absolute atomic E-state index is 12.1. The average Bonchev–Trinajstić information content (AvgIpc) is 3.32. The van der Waals surface area contributed by atoms with E-state index in [1.54, 1.807) is 12.1 Å². The van der Waals surface area contributed by atoms with Gasteiger partial charge >= 0.3 is 5.97 Å². The van der Waals surface area contributed by atoms with Crippen molar-refractivity contribution in [1.29, 1.82) is 0 Å². The number of furan rings is 1. The lowest BCUT2D eigenvalue weighted by Crippen LogP contribution is -2.15. The maximum Gasteiger partial charge on any atom is 0.337 e. The third-order valence-corrected chi connectivity index (χ3v) is 4.27. The van der Waals surface area contributed by atoms with Crippen LogP contribution < -0.4 is 5.32 Å². The highest BCUT2D eigenvalue weighted by atomic mass is 35.5. The number of carbonyl (C=O) groups excluding carboxylic acids is 2. The minimum atomic E-state index is -0.525. The minimum absolute atomic E-state index is 0.0125. The van der Waals surface area contributed by atoms with E-state index < -0.39 is 5.97 Å². The molecule has 1 amide bonds. The predicted octanol–water partition coefficient (Wildman–Crippen LogP) is 3.50. The number of ether oxygens (including phenoxy) is 1. The van der Waals surface area contributed by atoms with Gasteiger partial charge in [-0.3, -0.25) is 4.79 Å². The molecule has 0 fully saturated rings. The number of rotatable bonds is 6. The molecule has 3 aromatic rings. The standard InChI is InChI=1S/C16H12ClN3O5S/c1-23-15(22)9-4-5-10(17)11(7-9)18-13(21)8-26-16-20-19-14(25-16)12-3-2-6-24-12/h2-7H,8H2,1H3,(H,18,21). The molecule has 0 bridgehead atoms. The molecule has 1 aromatic carbocycles. The third kappa shape index (κ3) is 4.24. The molecule has 0 saturated heterocycles. The predicted molar refractivity (Wildman–Crippen MR) is 94.1 cm³/mol. The Morgan fingerprint density at radius 3 is 2.88 bits per heavy atom. The molecule has 0 radical (unpaired) electrons. The zero-order valence-electron chi connectivity index (χ0n) is 13.4. The molecule has 2 aromatic heterocycles. The number of anilines is 1. The summed E-state index contributed by atoms with van der Waals surface area (Å²) in [4.78, 5) is 23.7. The Balaban J connectivity index is 1.60. The Labute approximate surface area is 156 Å². The van der Waals surface area contributed by atoms with Gasteiger partial charge in [0.15, 0.2) is 5.76 Å². The van der Waals surface area contributed by atoms with Crippen molar-refractivity contribution >= 4 is 40.9 Å². The van der Waals surface area contributed by atoms with Gasteiger partial charge in [-0.15, -0.1) is 10.2 Å². The summed E-state index contributed by atoms with van der Waals surface area (Å²) in [7, 11) is 1.27. The van der Waals surface area contributed by atoms with Crippen LogP contribution >= 0.6 is 23.4 Å². The van der Waals surface area contributed by atoms with Gasteiger partial charge in [0.25, 0.3) is 11.1 Å². The van der Waals surface area contributed by atoms with Crippen molar-refractivity contribution in [3.63, 3.8) is 0 Å². The number of thioether (sulfide) groups is 1. The van der Waals surface area contributed by atoms with Crippen molar-refractivity contribution in [3.05, 3.63) is 47.2 Å². The van der Waals surface area contributed by atoms with Crippen LogP contribution in [0.4, 0.5) is 5.69 Å². The SMILES string of the molecule is COC(=O)c1ccc(Cl)c(NC(=O)CSc2nnc(-c3ccco3)o2)c1. The lowest BCUT2D eigenvalue weighted by molar-refractivity contribution is -0.113. The van der Waals surface area contributed by atoms with Gasteiger partial charge in [0.1, 0.15) is 0 Å². The molecular formula is C16H12ClN3O5S. The van der Waals surface area contributed by atoms with E-state index >= 15 is 0 Å². The topological polar surface area (TPSA) is 107 Å². The molecule has 0 aliphatic carbocycles. The van der Waals surface area contributed by atoms with Crippen molar-refractivity contribution in [1.82, 2.24) is 10.2 Å². The van der Waals surface area contributed by atoms with Gasteiger partial charge in [-0.1, -0.05) is 23.4 Å². The van der Waals surface area contributed by atoms with Gasteiger partial charge in [-0.05, 0) is 30.3 Å². The summed E-state index contributed by atoms with van der Waals surface area (Å²) in [6.45, 7) is 0. The number of nitrogens with zero attached hydrogens (tertiary/aromatic N) is 2. The number of carbonyl (C=O) groups is 2. The quantitative estimate of drug-likeness (QED) is 0.500. The van der Waals surface area contributed by atoms with Gasteiger partial charge in [-0.25, -0.2) is 4.79 Å². The second-order valence-corrected chi connectivity index (χ2v) is 6.21. The van der Waals surface area contributed by atoms with Gasteiger partial charge < -0.3 is 18.9 Å². The number of nitrogens with one attached hydrogen (secondary N) is 1. The van der Waals surface area contributed by atoms with E-state index in [1.165, 1.54) is 31.6 Å². The first-order valence-corrected chi connectivity index (χ1v) is 8.61. The van der Waals surface area contributed by atoms with E-state index in [-0.39, 0.29) is 28.3 Å². The highest BCUT2D eigenvalue weighted by Gasteiger charge is 2.15. The van der Waals surface area contributed by atoms with Crippen LogP contribution in [0.5, 0.6) is 0 Å². The largest absolute Gasteiger partial charge is 0.465 e. The van der Waals surface area contributed by atoms with E-state index in [9.17, 15) is 9.59 Å². The Bertz CT molecular complexity index is 926. The van der Waals surface area contributed by atoms with Crippen molar-refractivity contribution in [2.75, 3.05) is 18.2 Å². The molecule has 3 rings (SSSR count). The number of hydrogen-bond acceptors (Lipinski definition) is 8. The molecule has 0 aliphatic rings. The van der Waals surface area contributed by atoms with Crippen LogP contribution in [-0.4, -0.2) is 34.9 Å². The summed E-state index contributed by atoms with van der Waals surface area (Å²) in [6, 6.07) is 7.84. The molecule has 2 heterocycles. The fourth-order valence-corrected chi connectivity index (χ4v) is 2.68. The average molecular weight is 394 g/mol. The Hall–Kier alpha value is -2.78. The van der Waals surface area contributed by atoms with Crippen LogP contribution in [0.25, 0.3) is 11.7 Å². The van der Waals surface area contributed by atoms with Crippen LogP contribution in [-0.2, 0) is 9.53 Å². The second-order valence-electron chi connectivity index (χ2n) is 4.87. The minimum Gasteiger partial charge on any atom is -0.465 e. The number of amides is 1. The Kier molecular flexibility index (Phi) is 5.59. The molecule has 0 atom stereocenters. The van der Waals surface area contributed by atoms with E-state index in [2.05, 4.69) is 20.3 Å². The first-order chi connectivity index (χ1) is 12.6. The zero-order chi connectivity index (χ0) is 18.5. The Morgan fingerprint density at radius 2 is 2.15 bits per heavy atom. The van der Waals surface area contributed by atoms with Crippen LogP contribution in [0, 0.1) is 0 Å². The van der Waals surface area contributed by atoms with Crippen LogP contribution in [0.1, 0.15) is 10.4 Å². The summed E-state index contributed by atoms with van der Waals surface area (Å²) in [5.41, 5.74) is 0.585. The first-order valence-electron chi connectivity index (χ1n) is 7.24. The summed E-state index contributed by atoms with van der Waals surface area (Å²) >= 11 is 7.10. The number of methoxy groups -OCH3 is 1. The molecule has 1 N–H and O–H groups in total. The second kappa shape index (κ2) is 8.07. The monoisotopic (exact) mass is 393 g/mol. The van der Waals surface area contributed by atoms with E-state index in [4.69, 9.17) is 20.4 Å². The molecule has 0 spiro atoms. The summed E-state index contributed by atoms with van der Waals surface area (Å²) in [6.07, 6.45) is 1.49. The lowest BCUT2D eigenvalue weighted by atomic mass is 10.2. The number of hydrogen-bond donors (Lipinski definition) is 1. The fraction of sp³-hybridized carbons (Fsp3) is 0.125. The van der Waals surface area contributed by atoms with Crippen molar-refractivity contribution in [2.45, 2.75) is 5.22 Å². The zero-order valence-corrected chi connectivity index (χ0v) is 15.0. The third-order valence-electron chi connectivity index (χ3n) is 3.13. The van der Waals surface area contributed by atoms with Crippen LogP contribution in [0.3, 0.4) is 0 Å². The van der Waals surface area contributed by atoms with Crippen molar-refractivity contribution in [2.24, 2.45) is 0 Å². The highest BCUT2D eigenvalue weighted by molar-refractivity contribution is 7.99. The molecule has 0 unspecified atom stereocenters. The maximum atomic E-state index is 12.1. The van der Waals surface area contributed by atoms with Gasteiger partial charge in [-0.2, -0.15) is 0 Å². The molecule has 8 nitrogen and oxygen atoms in total. The molecule has 26 heavy (non-hydrogen) atoms. The van der Waals surface area contributed by atoms with Crippen molar-refractivity contribution < 1.29 is 23.2 Å². The Morgan fingerprint density at radius 1 is 1.31 bits per heavy atom. The first kappa shape index (κ1) is 18.0. The molecule has 10 heteroatoms. The summed E-state index contributed by atoms with van der Waals surface area (Å²) in [5.74, 6) is -0.190. The molecule has 0 saturated carbocycles. The van der Waals surface area contributed by atoms with Gasteiger partial charge in [0, 0.05) is 0 Å². The fourth-order valence-electron chi connectivity index (χ4n) is 1.95. The molecule has 0 aliphatic heterocycles. The van der Waals surface area contributed by atoms with Crippen molar-refractivity contribution in [3.8, 4) is 11.7 Å². The number of aromatic nitrogens is 2. The van der Waals surface area contributed by atoms with Gasteiger partial charge in [0.2, 0.25) is 5.91 Å². The van der Waals surface area contributed by atoms with E-state index in [1.807, 2.05) is 0 Å². The van der Waals surface area contributed by atoms with E-state index in [0.717, 1.165) is 11.8 Å². The number of benzene rings is 1. The number of halogens is 1. The normalized spacial score (nSPS) is 10.5. The number of esters is 1.